The van der Waals surface area contributed by atoms with Gasteiger partial charge in [-0.15, -0.1) is 6.58 Å². The van der Waals surface area contributed by atoms with Crippen LogP contribution in [0, 0.1) is 17.8 Å². The normalized spacial score (nSPS) is 21.5. The molecule has 6 atom stereocenters. The second-order valence-electron chi connectivity index (χ2n) is 19.6. The number of hydrogen-bond donors (Lipinski definition) is 2. The maximum absolute atomic E-state index is 15.2. The minimum absolute atomic E-state index is 0.00797. The summed E-state index contributed by atoms with van der Waals surface area (Å²) in [6.45, 7) is 7.12. The third kappa shape index (κ3) is 12.9. The third-order valence-corrected chi connectivity index (χ3v) is 15.0. The number of hydrogen-bond acceptors (Lipinski definition) is 11. The predicted molar refractivity (Wildman–Crippen MR) is 283 cm³/mol. The van der Waals surface area contributed by atoms with Crippen molar-refractivity contribution in [1.29, 1.82) is 0 Å². The fourth-order valence-electron chi connectivity index (χ4n) is 11.6. The quantitative estimate of drug-likeness (QED) is 0.0224. The molecule has 3 aliphatic rings. The molecule has 388 valence electrons. The minimum Gasteiger partial charge on any atom is -0.496 e. The van der Waals surface area contributed by atoms with Gasteiger partial charge in [0.15, 0.2) is 6.29 Å². The van der Waals surface area contributed by atoms with Gasteiger partial charge in [-0.05, 0) is 102 Å². The van der Waals surface area contributed by atoms with E-state index in [1.165, 1.54) is 52.1 Å². The third-order valence-electron chi connectivity index (χ3n) is 15.0. The molecule has 1 fully saturated rings. The first-order chi connectivity index (χ1) is 35.3. The Labute approximate surface area is 427 Å². The number of ether oxygens (including phenoxy) is 5. The molecule has 12 nitrogen and oxygen atoms in total. The highest BCUT2D eigenvalue weighted by Gasteiger charge is 2.65. The molecule has 4 aromatic carbocycles. The van der Waals surface area contributed by atoms with E-state index in [0.717, 1.165) is 78.7 Å². The zero-order valence-electron chi connectivity index (χ0n) is 42.9. The molecule has 1 aliphatic heterocycles. The number of allylic oxidation sites excluding steroid dienone is 1. The van der Waals surface area contributed by atoms with Gasteiger partial charge in [-0.1, -0.05) is 137 Å². The number of aldehydes is 1. The summed E-state index contributed by atoms with van der Waals surface area (Å²) in [7, 11) is 3.07. The number of nitrogens with zero attached hydrogens (tertiary/aromatic N) is 2. The Balaban J connectivity index is 1.34. The molecule has 7 rings (SSSR count). The van der Waals surface area contributed by atoms with Gasteiger partial charge in [-0.3, -0.25) is 9.69 Å². The van der Waals surface area contributed by atoms with Crippen molar-refractivity contribution in [3.05, 3.63) is 120 Å². The summed E-state index contributed by atoms with van der Waals surface area (Å²) in [5.41, 5.74) is 3.86. The predicted octanol–water partition coefficient (Wildman–Crippen LogP) is 13.3. The highest BCUT2D eigenvalue weighted by molar-refractivity contribution is 6.03. The Hall–Kier alpha value is -5.69. The fraction of sp³-hybridized carbons (Fsp3) is 0.517. The van der Waals surface area contributed by atoms with Crippen LogP contribution in [-0.4, -0.2) is 85.7 Å². The molecule has 0 radical (unpaired) electrons. The van der Waals surface area contributed by atoms with Gasteiger partial charge in [-0.25, -0.2) is 4.79 Å². The van der Waals surface area contributed by atoms with Gasteiger partial charge in [0.1, 0.15) is 36.1 Å². The smallest absolute Gasteiger partial charge is 0.410 e. The van der Waals surface area contributed by atoms with Gasteiger partial charge < -0.3 is 38.7 Å². The molecule has 12 heteroatoms. The molecule has 1 amide bonds. The Kier molecular flexibility index (Phi) is 20.6. The number of unbranched alkanes of at least 4 members (excludes halogenated alkanes) is 11. The van der Waals surface area contributed by atoms with Crippen molar-refractivity contribution in [3.63, 3.8) is 0 Å². The van der Waals surface area contributed by atoms with Crippen LogP contribution in [0.1, 0.15) is 143 Å². The number of rotatable bonds is 30. The van der Waals surface area contributed by atoms with E-state index >= 15 is 4.79 Å². The molecule has 6 unspecified atom stereocenters. The molecule has 4 aromatic rings. The number of carbonyl (C=O) groups is 2. The topological polar surface area (TPSA) is 146 Å². The maximum atomic E-state index is 15.2. The molecule has 1 heterocycles. The van der Waals surface area contributed by atoms with Gasteiger partial charge in [0, 0.05) is 31.1 Å². The van der Waals surface area contributed by atoms with Crippen molar-refractivity contribution in [2.75, 3.05) is 40.6 Å². The van der Waals surface area contributed by atoms with Crippen LogP contribution in [0.3, 0.4) is 0 Å². The standard InChI is InChI=1S/C60H78N2O10/c1-5-7-8-9-10-11-12-13-14-21-36-69-59(66)62(41-45-26-22-25-43-23-15-16-27-49(43)45)56-40-53(61-68-4)51-38-44(24-17-19-33-63)50(28-18-20-34-64)57-52-39-48(71-47-29-31-54(67-3)46(37-47)42-65)30-32-55(52)72-60(56,58(51)57)70-35-6-2/h6,15-16,22-23,25-27,29-32,37-39,42,44,50,56-58,63-64H,2,5,7-14,17-21,24,28,33-36,40-41H2,1,3-4H3. The van der Waals surface area contributed by atoms with Crippen LogP contribution in [0.5, 0.6) is 23.0 Å². The van der Waals surface area contributed by atoms with Crippen molar-refractivity contribution >= 4 is 28.9 Å². The zero-order valence-corrected chi connectivity index (χ0v) is 42.9. The van der Waals surface area contributed by atoms with Gasteiger partial charge >= 0.3 is 6.09 Å². The highest BCUT2D eigenvalue weighted by atomic mass is 16.7. The lowest BCUT2D eigenvalue weighted by molar-refractivity contribution is -0.256. The van der Waals surface area contributed by atoms with Gasteiger partial charge in [0.05, 0.1) is 44.1 Å². The number of oxime groups is 1. The Bertz CT molecular complexity index is 2450. The molecule has 0 spiro atoms. The van der Waals surface area contributed by atoms with E-state index in [9.17, 15) is 15.0 Å². The van der Waals surface area contributed by atoms with Crippen LogP contribution in [0.25, 0.3) is 10.8 Å². The van der Waals surface area contributed by atoms with E-state index in [2.05, 4.69) is 43.8 Å². The molecular weight excluding hydrogens is 909 g/mol. The van der Waals surface area contributed by atoms with Crippen molar-refractivity contribution in [2.24, 2.45) is 22.9 Å². The molecule has 0 aromatic heterocycles. The molecular formula is C60H78N2O10. The highest BCUT2D eigenvalue weighted by Crippen LogP contribution is 2.62. The van der Waals surface area contributed by atoms with Crippen LogP contribution in [0.2, 0.25) is 0 Å². The number of carbonyl (C=O) groups excluding carboxylic acids is 2. The lowest BCUT2D eigenvalue weighted by atomic mass is 9.55. The molecule has 72 heavy (non-hydrogen) atoms. The van der Waals surface area contributed by atoms with E-state index < -0.39 is 23.8 Å². The molecule has 2 N–H and O–H groups in total. The van der Waals surface area contributed by atoms with Crippen molar-refractivity contribution < 1.29 is 48.3 Å². The van der Waals surface area contributed by atoms with Crippen LogP contribution >= 0.6 is 0 Å². The largest absolute Gasteiger partial charge is 0.496 e. The Morgan fingerprint density at radius 3 is 2.28 bits per heavy atom. The second-order valence-corrected chi connectivity index (χ2v) is 19.6. The fourth-order valence-corrected chi connectivity index (χ4v) is 11.6. The Morgan fingerprint density at radius 2 is 1.56 bits per heavy atom. The van der Waals surface area contributed by atoms with Gasteiger partial charge in [0.2, 0.25) is 5.79 Å². The first-order valence-corrected chi connectivity index (χ1v) is 26.7. The molecule has 2 aliphatic carbocycles. The van der Waals surface area contributed by atoms with Crippen molar-refractivity contribution in [1.82, 2.24) is 4.90 Å². The SMILES string of the molecule is C=CCOC12Oc3ccc(Oc4ccc(OC)c(C=O)c4)cc3C3C(CCCCO)C(CCCCO)C=C(C(=NOC)CC1N(Cc1cccc4ccccc14)C(=O)OCCCCCCCCCCCC)C32. The molecule has 1 saturated carbocycles. The first-order valence-electron chi connectivity index (χ1n) is 26.7. The average molecular weight is 987 g/mol. The van der Waals surface area contributed by atoms with E-state index in [0.29, 0.717) is 47.1 Å². The summed E-state index contributed by atoms with van der Waals surface area (Å²) in [5, 5.41) is 27.0. The molecule has 0 saturated heterocycles. The van der Waals surface area contributed by atoms with E-state index in [1.54, 1.807) is 31.4 Å². The van der Waals surface area contributed by atoms with Crippen LogP contribution in [-0.2, 0) is 20.9 Å². The number of aliphatic hydroxyl groups is 2. The van der Waals surface area contributed by atoms with E-state index in [1.807, 2.05) is 41.3 Å². The maximum Gasteiger partial charge on any atom is 0.410 e. The van der Waals surface area contributed by atoms with E-state index in [4.69, 9.17) is 33.7 Å². The number of benzene rings is 4. The van der Waals surface area contributed by atoms with Crippen LogP contribution in [0.15, 0.2) is 108 Å². The number of methoxy groups -OCH3 is 1. The lowest BCUT2D eigenvalue weighted by Crippen LogP contribution is -2.70. The summed E-state index contributed by atoms with van der Waals surface area (Å²) in [4.78, 5) is 34.8. The van der Waals surface area contributed by atoms with Gasteiger partial charge in [-0.2, -0.15) is 0 Å². The van der Waals surface area contributed by atoms with Crippen LogP contribution < -0.4 is 14.2 Å². The zero-order chi connectivity index (χ0) is 50.7. The van der Waals surface area contributed by atoms with Crippen molar-refractivity contribution in [2.45, 2.75) is 140 Å². The van der Waals surface area contributed by atoms with Crippen molar-refractivity contribution in [3.8, 4) is 23.0 Å². The lowest BCUT2D eigenvalue weighted by Gasteiger charge is -2.59. The monoisotopic (exact) mass is 987 g/mol. The van der Waals surface area contributed by atoms with Gasteiger partial charge in [0.25, 0.3) is 0 Å². The minimum atomic E-state index is -1.48. The molecule has 0 bridgehead atoms. The van der Waals surface area contributed by atoms with Crippen LogP contribution in [0.4, 0.5) is 4.79 Å². The number of amides is 1. The number of fused-ring (bicyclic) bond motifs is 3. The van der Waals surface area contributed by atoms with E-state index in [-0.39, 0.29) is 57.1 Å². The summed E-state index contributed by atoms with van der Waals surface area (Å²) >= 11 is 0. The number of aliphatic hydroxyl groups excluding tert-OH is 2. The first kappa shape index (κ1) is 54.1. The summed E-state index contributed by atoms with van der Waals surface area (Å²) in [6, 6.07) is 24.6. The average Bonchev–Trinajstić information content (AvgIpc) is 3.40. The Morgan fingerprint density at radius 1 is 0.847 bits per heavy atom. The summed E-state index contributed by atoms with van der Waals surface area (Å²) in [5.74, 6) is -0.150. The summed E-state index contributed by atoms with van der Waals surface area (Å²) in [6.07, 6.45) is 20.7. The summed E-state index contributed by atoms with van der Waals surface area (Å²) < 4.78 is 33.0. The second kappa shape index (κ2) is 27.4.